The number of amides is 1. The zero-order valence-electron chi connectivity index (χ0n) is 8.33. The molecular weight excluding hydrogens is 168 g/mol. The first-order valence-electron chi connectivity index (χ1n) is 3.96. The maximum absolute atomic E-state index is 11.6. The van der Waals surface area contributed by atoms with Gasteiger partial charge in [0.1, 0.15) is 11.4 Å². The van der Waals surface area contributed by atoms with Crippen molar-refractivity contribution in [3.05, 3.63) is 11.3 Å². The minimum absolute atomic E-state index is 0.108. The Morgan fingerprint density at radius 1 is 1.54 bits per heavy atom. The van der Waals surface area contributed by atoms with Gasteiger partial charge in [-0.1, -0.05) is 0 Å². The van der Waals surface area contributed by atoms with E-state index < -0.39 is 0 Å². The van der Waals surface area contributed by atoms with E-state index in [9.17, 15) is 4.79 Å². The number of aryl methyl sites for hydroxylation is 2. The Balaban J connectivity index is 3.21. The molecule has 0 bridgehead atoms. The fraction of sp³-hybridized carbons (Fsp3) is 0.500. The summed E-state index contributed by atoms with van der Waals surface area (Å²) in [5, 5.41) is 4.06. The number of aromatic nitrogens is 2. The van der Waals surface area contributed by atoms with Gasteiger partial charge in [0.2, 0.25) is 0 Å². The van der Waals surface area contributed by atoms with Crippen LogP contribution in [-0.2, 0) is 7.05 Å². The van der Waals surface area contributed by atoms with Crippen molar-refractivity contribution < 1.29 is 4.79 Å². The summed E-state index contributed by atoms with van der Waals surface area (Å²) in [5.41, 5.74) is 6.85. The molecule has 5 heteroatoms. The number of hydrogen-bond acceptors (Lipinski definition) is 3. The Morgan fingerprint density at radius 3 is 2.38 bits per heavy atom. The standard InChI is InChI=1S/C8H14N4O/c1-5-6(8(13)11(2)3)7(9)12(4)10-5/h9H2,1-4H3. The van der Waals surface area contributed by atoms with Gasteiger partial charge in [-0.15, -0.1) is 0 Å². The largest absolute Gasteiger partial charge is 0.383 e. The quantitative estimate of drug-likeness (QED) is 0.665. The summed E-state index contributed by atoms with van der Waals surface area (Å²) >= 11 is 0. The van der Waals surface area contributed by atoms with Gasteiger partial charge in [0, 0.05) is 21.1 Å². The average Bonchev–Trinajstić information content (AvgIpc) is 2.26. The molecule has 1 rings (SSSR count). The smallest absolute Gasteiger partial charge is 0.258 e. The molecule has 72 valence electrons. The van der Waals surface area contributed by atoms with E-state index in [2.05, 4.69) is 5.10 Å². The third-order valence-corrected chi connectivity index (χ3v) is 1.89. The molecule has 5 nitrogen and oxygen atoms in total. The second-order valence-corrected chi connectivity index (χ2v) is 3.17. The average molecular weight is 182 g/mol. The summed E-state index contributed by atoms with van der Waals surface area (Å²) in [5.74, 6) is 0.305. The van der Waals surface area contributed by atoms with Crippen molar-refractivity contribution in [2.45, 2.75) is 6.92 Å². The van der Waals surface area contributed by atoms with E-state index in [0.29, 0.717) is 17.1 Å². The Hall–Kier alpha value is -1.52. The Morgan fingerprint density at radius 2 is 2.08 bits per heavy atom. The van der Waals surface area contributed by atoms with Gasteiger partial charge in [-0.05, 0) is 6.92 Å². The summed E-state index contributed by atoms with van der Waals surface area (Å²) in [7, 11) is 5.09. The molecule has 0 spiro atoms. The third kappa shape index (κ3) is 1.49. The van der Waals surface area contributed by atoms with Gasteiger partial charge in [0.05, 0.1) is 5.69 Å². The highest BCUT2D eigenvalue weighted by molar-refractivity contribution is 5.99. The van der Waals surface area contributed by atoms with Gasteiger partial charge in [0.15, 0.2) is 0 Å². The van der Waals surface area contributed by atoms with Crippen LogP contribution in [0.15, 0.2) is 0 Å². The number of nitrogens with zero attached hydrogens (tertiary/aromatic N) is 3. The number of hydrogen-bond donors (Lipinski definition) is 1. The summed E-state index contributed by atoms with van der Waals surface area (Å²) in [6.07, 6.45) is 0. The first-order chi connectivity index (χ1) is 5.95. The molecule has 1 aromatic heterocycles. The van der Waals surface area contributed by atoms with Crippen LogP contribution in [0.25, 0.3) is 0 Å². The molecule has 0 aliphatic heterocycles. The van der Waals surface area contributed by atoms with E-state index in [0.717, 1.165) is 0 Å². The van der Waals surface area contributed by atoms with E-state index in [1.54, 1.807) is 28.1 Å². The van der Waals surface area contributed by atoms with Crippen LogP contribution in [0.2, 0.25) is 0 Å². The fourth-order valence-electron chi connectivity index (χ4n) is 1.16. The van der Waals surface area contributed by atoms with Crippen molar-refractivity contribution in [3.63, 3.8) is 0 Å². The Labute approximate surface area is 77.1 Å². The second-order valence-electron chi connectivity index (χ2n) is 3.17. The molecule has 0 saturated carbocycles. The van der Waals surface area contributed by atoms with Crippen LogP contribution < -0.4 is 5.73 Å². The predicted molar refractivity (Wildman–Crippen MR) is 50.4 cm³/mol. The molecule has 2 N–H and O–H groups in total. The molecule has 1 heterocycles. The molecule has 0 fully saturated rings. The first-order valence-corrected chi connectivity index (χ1v) is 3.96. The van der Waals surface area contributed by atoms with Crippen molar-refractivity contribution >= 4 is 11.7 Å². The van der Waals surface area contributed by atoms with E-state index in [-0.39, 0.29) is 5.91 Å². The number of carbonyl (C=O) groups is 1. The van der Waals surface area contributed by atoms with Crippen LogP contribution in [0.3, 0.4) is 0 Å². The van der Waals surface area contributed by atoms with Gasteiger partial charge in [-0.2, -0.15) is 5.10 Å². The lowest BCUT2D eigenvalue weighted by Gasteiger charge is -2.09. The SMILES string of the molecule is Cc1nn(C)c(N)c1C(=O)N(C)C. The minimum Gasteiger partial charge on any atom is -0.383 e. The molecule has 13 heavy (non-hydrogen) atoms. The maximum Gasteiger partial charge on any atom is 0.258 e. The summed E-state index contributed by atoms with van der Waals surface area (Å²) in [4.78, 5) is 13.1. The van der Waals surface area contributed by atoms with Gasteiger partial charge < -0.3 is 10.6 Å². The lowest BCUT2D eigenvalue weighted by atomic mass is 10.2. The predicted octanol–water partition coefficient (Wildman–Crippen LogP) is 0.0125. The zero-order chi connectivity index (χ0) is 10.2. The molecule has 0 atom stereocenters. The van der Waals surface area contributed by atoms with Gasteiger partial charge in [-0.25, -0.2) is 0 Å². The second kappa shape index (κ2) is 3.08. The minimum atomic E-state index is -0.108. The third-order valence-electron chi connectivity index (χ3n) is 1.89. The fourth-order valence-corrected chi connectivity index (χ4v) is 1.16. The molecule has 1 aromatic rings. The van der Waals surface area contributed by atoms with Crippen LogP contribution in [0, 0.1) is 6.92 Å². The van der Waals surface area contributed by atoms with Crippen molar-refractivity contribution in [1.29, 1.82) is 0 Å². The van der Waals surface area contributed by atoms with Crippen LogP contribution in [0.1, 0.15) is 16.1 Å². The Kier molecular flexibility index (Phi) is 2.27. The molecule has 0 radical (unpaired) electrons. The topological polar surface area (TPSA) is 64.2 Å². The number of nitrogens with two attached hydrogens (primary N) is 1. The van der Waals surface area contributed by atoms with Crippen molar-refractivity contribution in [1.82, 2.24) is 14.7 Å². The van der Waals surface area contributed by atoms with Crippen LogP contribution >= 0.6 is 0 Å². The van der Waals surface area contributed by atoms with E-state index in [4.69, 9.17) is 5.73 Å². The van der Waals surface area contributed by atoms with Crippen LogP contribution in [0.5, 0.6) is 0 Å². The summed E-state index contributed by atoms with van der Waals surface area (Å²) in [6.45, 7) is 1.77. The molecule has 1 amide bonds. The molecule has 0 aliphatic rings. The van der Waals surface area contributed by atoms with Crippen molar-refractivity contribution in [2.24, 2.45) is 7.05 Å². The number of nitrogen functional groups attached to an aromatic ring is 1. The molecule has 0 unspecified atom stereocenters. The lowest BCUT2D eigenvalue weighted by molar-refractivity contribution is 0.0828. The number of rotatable bonds is 1. The monoisotopic (exact) mass is 182 g/mol. The van der Waals surface area contributed by atoms with E-state index >= 15 is 0 Å². The molecule has 0 saturated heterocycles. The number of anilines is 1. The Bertz CT molecular complexity index is 340. The van der Waals surface area contributed by atoms with Gasteiger partial charge in [0.25, 0.3) is 5.91 Å². The highest BCUT2D eigenvalue weighted by Gasteiger charge is 2.19. The van der Waals surface area contributed by atoms with Gasteiger partial charge in [-0.3, -0.25) is 9.48 Å². The normalized spacial score (nSPS) is 10.2. The van der Waals surface area contributed by atoms with Crippen molar-refractivity contribution in [2.75, 3.05) is 19.8 Å². The van der Waals surface area contributed by atoms with Crippen LogP contribution in [-0.4, -0.2) is 34.7 Å². The van der Waals surface area contributed by atoms with E-state index in [1.807, 2.05) is 0 Å². The highest BCUT2D eigenvalue weighted by Crippen LogP contribution is 2.16. The lowest BCUT2D eigenvalue weighted by Crippen LogP contribution is -2.23. The maximum atomic E-state index is 11.6. The van der Waals surface area contributed by atoms with Crippen LogP contribution in [0.4, 0.5) is 5.82 Å². The molecular formula is C8H14N4O. The summed E-state index contributed by atoms with van der Waals surface area (Å²) < 4.78 is 1.51. The molecule has 0 aromatic carbocycles. The molecule has 0 aliphatic carbocycles. The number of carbonyl (C=O) groups excluding carboxylic acids is 1. The van der Waals surface area contributed by atoms with Gasteiger partial charge >= 0.3 is 0 Å². The zero-order valence-corrected chi connectivity index (χ0v) is 8.33. The van der Waals surface area contributed by atoms with E-state index in [1.165, 1.54) is 9.58 Å². The summed E-state index contributed by atoms with van der Waals surface area (Å²) in [6, 6.07) is 0. The van der Waals surface area contributed by atoms with Crippen molar-refractivity contribution in [3.8, 4) is 0 Å². The first kappa shape index (κ1) is 9.57. The highest BCUT2D eigenvalue weighted by atomic mass is 16.2.